The Morgan fingerprint density at radius 2 is 2.03 bits per heavy atom. The lowest BCUT2D eigenvalue weighted by atomic mass is 9.74. The highest BCUT2D eigenvalue weighted by molar-refractivity contribution is 6.07. The van der Waals surface area contributed by atoms with Crippen LogP contribution in [0.4, 0.5) is 0 Å². The molecule has 4 rings (SSSR count). The second-order valence-corrected chi connectivity index (χ2v) is 9.36. The number of methoxy groups -OCH3 is 1. The summed E-state index contributed by atoms with van der Waals surface area (Å²) in [7, 11) is 3.37. The van der Waals surface area contributed by atoms with E-state index in [0.717, 1.165) is 16.9 Å². The lowest BCUT2D eigenvalue weighted by Crippen LogP contribution is -2.49. The molecule has 2 heterocycles. The summed E-state index contributed by atoms with van der Waals surface area (Å²) in [6.45, 7) is 8.43. The number of benzene rings is 1. The fourth-order valence-corrected chi connectivity index (χ4v) is 4.87. The highest BCUT2D eigenvalue weighted by atomic mass is 16.5. The number of hydrogen-bond donors (Lipinski definition) is 1. The van der Waals surface area contributed by atoms with Crippen molar-refractivity contribution in [2.24, 2.45) is 22.6 Å². The first kappa shape index (κ1) is 20.5. The Kier molecular flexibility index (Phi) is 4.71. The van der Waals surface area contributed by atoms with Gasteiger partial charge >= 0.3 is 0 Å². The number of ether oxygens (including phenoxy) is 2. The zero-order valence-corrected chi connectivity index (χ0v) is 18.6. The maximum atomic E-state index is 13.3. The zero-order chi connectivity index (χ0) is 21.8. The Bertz CT molecular complexity index is 978. The first-order valence-corrected chi connectivity index (χ1v) is 10.5. The minimum atomic E-state index is -1.04. The number of allylic oxidation sites excluding steroid dienone is 3. The van der Waals surface area contributed by atoms with Crippen molar-refractivity contribution in [1.29, 1.82) is 0 Å². The first-order chi connectivity index (χ1) is 14.1. The molecule has 2 aliphatic heterocycles. The van der Waals surface area contributed by atoms with E-state index in [0.29, 0.717) is 24.0 Å². The van der Waals surface area contributed by atoms with E-state index in [4.69, 9.17) is 15.2 Å². The smallest absolute Gasteiger partial charge is 0.261 e. The summed E-state index contributed by atoms with van der Waals surface area (Å²) in [5.74, 6) is 2.56. The summed E-state index contributed by atoms with van der Waals surface area (Å²) in [5, 5.41) is 0. The van der Waals surface area contributed by atoms with Gasteiger partial charge in [-0.3, -0.25) is 9.69 Å². The number of likely N-dealkylation sites (N-methyl/N-ethyl adjacent to an activating group) is 1. The summed E-state index contributed by atoms with van der Waals surface area (Å²) in [6.07, 6.45) is 6.82. The van der Waals surface area contributed by atoms with Crippen LogP contribution in [0.5, 0.6) is 5.75 Å². The Morgan fingerprint density at radius 1 is 1.30 bits per heavy atom. The number of nitrogens with zero attached hydrogens (tertiary/aromatic N) is 2. The van der Waals surface area contributed by atoms with E-state index in [1.54, 1.807) is 14.2 Å². The first-order valence-electron chi connectivity index (χ1n) is 10.5. The van der Waals surface area contributed by atoms with Crippen LogP contribution < -0.4 is 10.5 Å². The van der Waals surface area contributed by atoms with E-state index < -0.39 is 11.1 Å². The van der Waals surface area contributed by atoms with Crippen molar-refractivity contribution >= 4 is 11.9 Å². The average Bonchev–Trinajstić information content (AvgIpc) is 2.81. The summed E-state index contributed by atoms with van der Waals surface area (Å²) in [6, 6.07) is 6.15. The number of fused-ring (bicyclic) bond motifs is 2. The van der Waals surface area contributed by atoms with Gasteiger partial charge in [-0.2, -0.15) is 0 Å². The zero-order valence-electron chi connectivity index (χ0n) is 18.6. The number of amides is 1. The van der Waals surface area contributed by atoms with Crippen LogP contribution in [0.25, 0.3) is 0 Å². The molecular formula is C24H31N3O3. The van der Waals surface area contributed by atoms with Crippen molar-refractivity contribution in [3.05, 3.63) is 53.3 Å². The molecule has 1 amide bonds. The Hall–Kier alpha value is -2.76. The van der Waals surface area contributed by atoms with Crippen LogP contribution in [0.3, 0.4) is 0 Å². The van der Waals surface area contributed by atoms with Gasteiger partial charge in [0.05, 0.1) is 7.11 Å². The molecule has 0 saturated carbocycles. The van der Waals surface area contributed by atoms with Crippen LogP contribution in [0.1, 0.15) is 51.2 Å². The molecule has 1 aromatic rings. The van der Waals surface area contributed by atoms with E-state index in [1.165, 1.54) is 4.90 Å². The third-order valence-corrected chi connectivity index (χ3v) is 6.75. The van der Waals surface area contributed by atoms with Crippen molar-refractivity contribution in [2.45, 2.75) is 51.2 Å². The van der Waals surface area contributed by atoms with E-state index in [9.17, 15) is 4.79 Å². The largest absolute Gasteiger partial charge is 0.497 e. The van der Waals surface area contributed by atoms with Gasteiger partial charge < -0.3 is 15.2 Å². The Labute approximate surface area is 178 Å². The van der Waals surface area contributed by atoms with E-state index in [2.05, 4.69) is 43.1 Å². The van der Waals surface area contributed by atoms with Gasteiger partial charge in [-0.25, -0.2) is 4.99 Å². The van der Waals surface area contributed by atoms with E-state index in [1.807, 2.05) is 26.0 Å². The average molecular weight is 410 g/mol. The molecule has 2 N–H and O–H groups in total. The molecule has 4 unspecified atom stereocenters. The number of nitrogens with two attached hydrogens (primary N) is 1. The number of guanidine groups is 1. The van der Waals surface area contributed by atoms with Crippen molar-refractivity contribution in [3.8, 4) is 5.75 Å². The van der Waals surface area contributed by atoms with Crippen molar-refractivity contribution in [1.82, 2.24) is 4.90 Å². The van der Waals surface area contributed by atoms with Crippen molar-refractivity contribution in [3.63, 3.8) is 0 Å². The summed E-state index contributed by atoms with van der Waals surface area (Å²) < 4.78 is 11.8. The second-order valence-electron chi connectivity index (χ2n) is 9.36. The lowest BCUT2D eigenvalue weighted by molar-refractivity contribution is -0.133. The predicted molar refractivity (Wildman–Crippen MR) is 117 cm³/mol. The molecule has 1 spiro atoms. The Morgan fingerprint density at radius 3 is 2.67 bits per heavy atom. The molecule has 30 heavy (non-hydrogen) atoms. The van der Waals surface area contributed by atoms with Crippen molar-refractivity contribution in [2.75, 3.05) is 14.2 Å². The fourth-order valence-electron chi connectivity index (χ4n) is 4.87. The number of carbonyl (C=O) groups is 1. The van der Waals surface area contributed by atoms with Gasteiger partial charge in [0.15, 0.2) is 11.5 Å². The van der Waals surface area contributed by atoms with Crippen molar-refractivity contribution < 1.29 is 14.3 Å². The highest BCUT2D eigenvalue weighted by Gasteiger charge is 2.55. The van der Waals surface area contributed by atoms with Gasteiger partial charge in [0.1, 0.15) is 17.1 Å². The Balaban J connectivity index is 1.87. The van der Waals surface area contributed by atoms with Crippen LogP contribution in [0, 0.1) is 11.8 Å². The van der Waals surface area contributed by atoms with E-state index in [-0.39, 0.29) is 17.8 Å². The maximum absolute atomic E-state index is 13.3. The number of carbonyl (C=O) groups excluding carboxylic acids is 1. The third kappa shape index (κ3) is 3.09. The van der Waals surface area contributed by atoms with E-state index >= 15 is 0 Å². The summed E-state index contributed by atoms with van der Waals surface area (Å²) in [4.78, 5) is 19.5. The predicted octanol–water partition coefficient (Wildman–Crippen LogP) is 3.69. The van der Waals surface area contributed by atoms with Crippen LogP contribution in [0.2, 0.25) is 0 Å². The summed E-state index contributed by atoms with van der Waals surface area (Å²) >= 11 is 0. The van der Waals surface area contributed by atoms with Gasteiger partial charge in [-0.05, 0) is 55.5 Å². The molecule has 6 nitrogen and oxygen atoms in total. The second kappa shape index (κ2) is 6.89. The molecule has 0 bridgehead atoms. The number of rotatable bonds is 2. The quantitative estimate of drug-likeness (QED) is 0.808. The molecule has 160 valence electrons. The van der Waals surface area contributed by atoms with Crippen LogP contribution in [-0.2, 0) is 15.1 Å². The molecule has 6 heteroatoms. The lowest BCUT2D eigenvalue weighted by Gasteiger charge is -2.41. The number of hydrogen-bond acceptors (Lipinski definition) is 5. The van der Waals surface area contributed by atoms with Gasteiger partial charge in [0.2, 0.25) is 0 Å². The molecule has 0 radical (unpaired) electrons. The molecule has 3 aliphatic rings. The molecule has 0 aromatic heterocycles. The number of aliphatic imine (C=N–C) groups is 1. The fraction of sp³-hybridized carbons (Fsp3) is 0.500. The van der Waals surface area contributed by atoms with Crippen LogP contribution in [-0.4, -0.2) is 36.5 Å². The molecule has 1 aliphatic carbocycles. The normalized spacial score (nSPS) is 32.3. The topological polar surface area (TPSA) is 77.2 Å². The third-order valence-electron chi connectivity index (χ3n) is 6.75. The summed E-state index contributed by atoms with van der Waals surface area (Å²) in [5.41, 5.74) is 6.41. The SMILES string of the molecule is COC1=CC(c2ccc3c(c2)C2(CC(C)(C)O3)N=C(N)N(C)C2=O)C(C)C(C)C=C1. The van der Waals surface area contributed by atoms with Gasteiger partial charge in [-0.1, -0.05) is 26.0 Å². The highest BCUT2D eigenvalue weighted by Crippen LogP contribution is 2.50. The van der Waals surface area contributed by atoms with Crippen LogP contribution in [0.15, 0.2) is 47.2 Å². The standard InChI is InChI=1S/C24H31N3O3/c1-14-7-9-17(29-6)12-18(15(14)2)16-8-10-20-19(11-16)24(13-23(3,4)30-20)21(28)27(5)22(25)26-24/h7-12,14-15,18H,13H2,1-6H3,(H2,25,26). The molecule has 1 aromatic carbocycles. The minimum Gasteiger partial charge on any atom is -0.497 e. The monoisotopic (exact) mass is 409 g/mol. The van der Waals surface area contributed by atoms with Gasteiger partial charge in [0.25, 0.3) is 5.91 Å². The molecule has 0 saturated heterocycles. The van der Waals surface area contributed by atoms with Crippen LogP contribution >= 0.6 is 0 Å². The molecule has 0 fully saturated rings. The van der Waals surface area contributed by atoms with Gasteiger partial charge in [-0.15, -0.1) is 0 Å². The van der Waals surface area contributed by atoms with Gasteiger partial charge in [0, 0.05) is 24.9 Å². The molecular weight excluding hydrogens is 378 g/mol. The maximum Gasteiger partial charge on any atom is 0.261 e. The minimum absolute atomic E-state index is 0.105. The molecule has 4 atom stereocenters.